The van der Waals surface area contributed by atoms with Crippen molar-refractivity contribution >= 4 is 17.3 Å². The standard InChI is InChI=1S/C13H18N2S/c1-2-3-9-15-10-12(14-13(15)16)11-7-5-4-6-8-11/h4-8,12H,2-3,9-10H2,1H3,(H,14,16). The fraction of sp³-hybridized carbons (Fsp3) is 0.462. The second-order valence-electron chi connectivity index (χ2n) is 4.21. The number of hydrogen-bond donors (Lipinski definition) is 1. The Kier molecular flexibility index (Phi) is 3.78. The second-order valence-corrected chi connectivity index (χ2v) is 4.60. The predicted molar refractivity (Wildman–Crippen MR) is 71.4 cm³/mol. The molecule has 2 nitrogen and oxygen atoms in total. The molecule has 0 saturated carbocycles. The molecule has 2 rings (SSSR count). The lowest BCUT2D eigenvalue weighted by molar-refractivity contribution is 0.427. The molecule has 1 atom stereocenters. The van der Waals surface area contributed by atoms with Gasteiger partial charge in [0.05, 0.1) is 6.04 Å². The van der Waals surface area contributed by atoms with Gasteiger partial charge >= 0.3 is 0 Å². The third-order valence-corrected chi connectivity index (χ3v) is 3.35. The van der Waals surface area contributed by atoms with Gasteiger partial charge in [-0.2, -0.15) is 0 Å². The Morgan fingerprint density at radius 1 is 1.38 bits per heavy atom. The predicted octanol–water partition coefficient (Wildman–Crippen LogP) is 2.72. The van der Waals surface area contributed by atoms with E-state index in [1.165, 1.54) is 18.4 Å². The van der Waals surface area contributed by atoms with E-state index in [1.54, 1.807) is 0 Å². The van der Waals surface area contributed by atoms with Crippen LogP contribution in [0, 0.1) is 0 Å². The topological polar surface area (TPSA) is 15.3 Å². The highest BCUT2D eigenvalue weighted by molar-refractivity contribution is 7.80. The van der Waals surface area contributed by atoms with Gasteiger partial charge in [0.15, 0.2) is 5.11 Å². The zero-order chi connectivity index (χ0) is 11.4. The van der Waals surface area contributed by atoms with Gasteiger partial charge in [-0.3, -0.25) is 0 Å². The maximum atomic E-state index is 5.35. The van der Waals surface area contributed by atoms with Gasteiger partial charge in [-0.25, -0.2) is 0 Å². The monoisotopic (exact) mass is 234 g/mol. The van der Waals surface area contributed by atoms with Gasteiger partial charge in [0.25, 0.3) is 0 Å². The van der Waals surface area contributed by atoms with E-state index in [4.69, 9.17) is 12.2 Å². The number of rotatable bonds is 4. The largest absolute Gasteiger partial charge is 0.354 e. The number of unbranched alkanes of at least 4 members (excludes halogenated alkanes) is 1. The number of thiocarbonyl (C=S) groups is 1. The minimum Gasteiger partial charge on any atom is -0.354 e. The Labute approximate surface area is 103 Å². The molecule has 1 aromatic rings. The van der Waals surface area contributed by atoms with Crippen LogP contribution in [0.4, 0.5) is 0 Å². The van der Waals surface area contributed by atoms with Crippen LogP contribution in [0.25, 0.3) is 0 Å². The maximum Gasteiger partial charge on any atom is 0.169 e. The number of nitrogens with zero attached hydrogens (tertiary/aromatic N) is 1. The fourth-order valence-electron chi connectivity index (χ4n) is 2.01. The van der Waals surface area contributed by atoms with E-state index in [1.807, 2.05) is 6.07 Å². The van der Waals surface area contributed by atoms with Crippen molar-refractivity contribution in [2.45, 2.75) is 25.8 Å². The summed E-state index contributed by atoms with van der Waals surface area (Å²) < 4.78 is 0. The van der Waals surface area contributed by atoms with E-state index >= 15 is 0 Å². The smallest absolute Gasteiger partial charge is 0.169 e. The molecule has 0 spiro atoms. The van der Waals surface area contributed by atoms with E-state index in [-0.39, 0.29) is 0 Å². The van der Waals surface area contributed by atoms with Gasteiger partial charge in [-0.15, -0.1) is 0 Å². The van der Waals surface area contributed by atoms with Gasteiger partial charge in [-0.1, -0.05) is 43.7 Å². The number of nitrogens with one attached hydrogen (secondary N) is 1. The van der Waals surface area contributed by atoms with Crippen molar-refractivity contribution in [3.63, 3.8) is 0 Å². The molecule has 0 aromatic heterocycles. The molecule has 1 fully saturated rings. The van der Waals surface area contributed by atoms with Gasteiger partial charge in [0.2, 0.25) is 0 Å². The van der Waals surface area contributed by atoms with Crippen LogP contribution in [-0.2, 0) is 0 Å². The maximum absolute atomic E-state index is 5.35. The molecule has 3 heteroatoms. The summed E-state index contributed by atoms with van der Waals surface area (Å²) >= 11 is 5.35. The van der Waals surface area contributed by atoms with Crippen LogP contribution in [0.2, 0.25) is 0 Å². The first-order chi connectivity index (χ1) is 7.81. The molecular weight excluding hydrogens is 216 g/mol. The highest BCUT2D eigenvalue weighted by atomic mass is 32.1. The summed E-state index contributed by atoms with van der Waals surface area (Å²) in [6.45, 7) is 4.29. The van der Waals surface area contributed by atoms with E-state index in [9.17, 15) is 0 Å². The van der Waals surface area contributed by atoms with Crippen molar-refractivity contribution in [2.75, 3.05) is 13.1 Å². The molecule has 0 bridgehead atoms. The summed E-state index contributed by atoms with van der Waals surface area (Å²) in [4.78, 5) is 2.27. The third-order valence-electron chi connectivity index (χ3n) is 2.97. The third kappa shape index (κ3) is 2.53. The SMILES string of the molecule is CCCCN1CC(c2ccccc2)NC1=S. The van der Waals surface area contributed by atoms with Gasteiger partial charge < -0.3 is 10.2 Å². The molecular formula is C13H18N2S. The molecule has 1 N–H and O–H groups in total. The van der Waals surface area contributed by atoms with Crippen LogP contribution in [0.1, 0.15) is 31.4 Å². The first-order valence-corrected chi connectivity index (χ1v) is 6.32. The van der Waals surface area contributed by atoms with Gasteiger partial charge in [-0.05, 0) is 24.2 Å². The first-order valence-electron chi connectivity index (χ1n) is 5.91. The molecule has 0 amide bonds. The molecule has 86 valence electrons. The zero-order valence-corrected chi connectivity index (χ0v) is 10.5. The lowest BCUT2D eigenvalue weighted by Crippen LogP contribution is -2.28. The summed E-state index contributed by atoms with van der Waals surface area (Å²) in [6, 6.07) is 10.9. The van der Waals surface area contributed by atoms with Crippen LogP contribution in [-0.4, -0.2) is 23.1 Å². The van der Waals surface area contributed by atoms with Gasteiger partial charge in [0, 0.05) is 13.1 Å². The Hall–Kier alpha value is -1.09. The highest BCUT2D eigenvalue weighted by Crippen LogP contribution is 2.20. The Morgan fingerprint density at radius 2 is 2.12 bits per heavy atom. The molecule has 1 aromatic carbocycles. The summed E-state index contributed by atoms with van der Waals surface area (Å²) in [7, 11) is 0. The Balaban J connectivity index is 1.98. The van der Waals surface area contributed by atoms with E-state index in [2.05, 4.69) is 41.4 Å². The summed E-state index contributed by atoms with van der Waals surface area (Å²) in [5.74, 6) is 0. The molecule has 1 unspecified atom stereocenters. The Bertz CT molecular complexity index is 350. The van der Waals surface area contributed by atoms with E-state index < -0.39 is 0 Å². The Morgan fingerprint density at radius 3 is 2.81 bits per heavy atom. The first kappa shape index (κ1) is 11.4. The molecule has 1 saturated heterocycles. The van der Waals surface area contributed by atoms with E-state index in [0.29, 0.717) is 6.04 Å². The van der Waals surface area contributed by atoms with Crippen molar-refractivity contribution in [3.8, 4) is 0 Å². The minimum atomic E-state index is 0.366. The van der Waals surface area contributed by atoms with Crippen LogP contribution in [0.15, 0.2) is 30.3 Å². The lowest BCUT2D eigenvalue weighted by Gasteiger charge is -2.15. The number of hydrogen-bond acceptors (Lipinski definition) is 1. The normalized spacial score (nSPS) is 19.9. The van der Waals surface area contributed by atoms with Crippen molar-refractivity contribution in [3.05, 3.63) is 35.9 Å². The molecule has 0 radical (unpaired) electrons. The average Bonchev–Trinajstić information content (AvgIpc) is 2.69. The number of benzene rings is 1. The zero-order valence-electron chi connectivity index (χ0n) is 9.65. The molecule has 1 aliphatic heterocycles. The summed E-state index contributed by atoms with van der Waals surface area (Å²) in [6.07, 6.45) is 2.43. The quantitative estimate of drug-likeness (QED) is 0.806. The van der Waals surface area contributed by atoms with Gasteiger partial charge in [0.1, 0.15) is 0 Å². The van der Waals surface area contributed by atoms with Crippen LogP contribution in [0.5, 0.6) is 0 Å². The van der Waals surface area contributed by atoms with Crippen LogP contribution >= 0.6 is 12.2 Å². The molecule has 1 aliphatic rings. The van der Waals surface area contributed by atoms with Crippen molar-refractivity contribution in [1.82, 2.24) is 10.2 Å². The lowest BCUT2D eigenvalue weighted by atomic mass is 10.1. The second kappa shape index (κ2) is 5.30. The molecule has 16 heavy (non-hydrogen) atoms. The van der Waals surface area contributed by atoms with Crippen molar-refractivity contribution in [1.29, 1.82) is 0 Å². The van der Waals surface area contributed by atoms with E-state index in [0.717, 1.165) is 18.2 Å². The minimum absolute atomic E-state index is 0.366. The summed E-state index contributed by atoms with van der Waals surface area (Å²) in [5.41, 5.74) is 1.32. The average molecular weight is 234 g/mol. The van der Waals surface area contributed by atoms with Crippen molar-refractivity contribution in [2.24, 2.45) is 0 Å². The van der Waals surface area contributed by atoms with Crippen LogP contribution < -0.4 is 5.32 Å². The highest BCUT2D eigenvalue weighted by Gasteiger charge is 2.25. The fourth-order valence-corrected chi connectivity index (χ4v) is 2.31. The van der Waals surface area contributed by atoms with Crippen LogP contribution in [0.3, 0.4) is 0 Å². The molecule has 1 heterocycles. The van der Waals surface area contributed by atoms with Crippen molar-refractivity contribution < 1.29 is 0 Å². The molecule has 0 aliphatic carbocycles. The summed E-state index contributed by atoms with van der Waals surface area (Å²) in [5, 5.41) is 4.29.